The third-order valence-electron chi connectivity index (χ3n) is 2.60. The highest BCUT2D eigenvalue weighted by Crippen LogP contribution is 1.99. The van der Waals surface area contributed by atoms with Crippen molar-refractivity contribution in [1.29, 1.82) is 0 Å². The SMILES string of the molecule is Cc1cccc(CNCCc2cnn(C)c2)n1. The van der Waals surface area contributed by atoms with E-state index in [1.807, 2.05) is 49.2 Å². The first-order chi connectivity index (χ1) is 8.24. The van der Waals surface area contributed by atoms with Crippen molar-refractivity contribution < 1.29 is 0 Å². The summed E-state index contributed by atoms with van der Waals surface area (Å²) in [5, 5.41) is 7.53. The smallest absolute Gasteiger partial charge is 0.0544 e. The van der Waals surface area contributed by atoms with Crippen molar-refractivity contribution in [2.75, 3.05) is 6.54 Å². The highest BCUT2D eigenvalue weighted by Gasteiger charge is 1.97. The van der Waals surface area contributed by atoms with Gasteiger partial charge >= 0.3 is 0 Å². The fourth-order valence-electron chi connectivity index (χ4n) is 1.75. The van der Waals surface area contributed by atoms with Crippen molar-refractivity contribution in [3.63, 3.8) is 0 Å². The van der Waals surface area contributed by atoms with Crippen LogP contribution in [0.1, 0.15) is 17.0 Å². The summed E-state index contributed by atoms with van der Waals surface area (Å²) in [5.41, 5.74) is 3.42. The maximum absolute atomic E-state index is 4.44. The molecule has 4 nitrogen and oxygen atoms in total. The zero-order valence-electron chi connectivity index (χ0n) is 10.3. The van der Waals surface area contributed by atoms with E-state index in [2.05, 4.69) is 15.4 Å². The first kappa shape index (κ1) is 11.8. The van der Waals surface area contributed by atoms with Crippen LogP contribution < -0.4 is 5.32 Å². The van der Waals surface area contributed by atoms with E-state index in [1.165, 1.54) is 5.56 Å². The Morgan fingerprint density at radius 3 is 2.94 bits per heavy atom. The second kappa shape index (κ2) is 5.59. The van der Waals surface area contributed by atoms with Crippen molar-refractivity contribution in [3.8, 4) is 0 Å². The number of pyridine rings is 1. The van der Waals surface area contributed by atoms with Gasteiger partial charge in [0.05, 0.1) is 11.9 Å². The maximum Gasteiger partial charge on any atom is 0.0544 e. The fraction of sp³-hybridized carbons (Fsp3) is 0.385. The molecule has 17 heavy (non-hydrogen) atoms. The minimum Gasteiger partial charge on any atom is -0.311 e. The molecule has 0 saturated carbocycles. The number of aromatic nitrogens is 3. The number of aryl methyl sites for hydroxylation is 2. The summed E-state index contributed by atoms with van der Waals surface area (Å²) in [6, 6.07) is 6.10. The molecule has 2 aromatic rings. The van der Waals surface area contributed by atoms with Gasteiger partial charge in [-0.1, -0.05) is 6.07 Å². The van der Waals surface area contributed by atoms with Gasteiger partial charge in [-0.2, -0.15) is 5.10 Å². The van der Waals surface area contributed by atoms with E-state index in [0.717, 1.165) is 30.9 Å². The molecule has 0 bridgehead atoms. The predicted octanol–water partition coefficient (Wildman–Crippen LogP) is 1.46. The van der Waals surface area contributed by atoms with Crippen molar-refractivity contribution in [2.24, 2.45) is 7.05 Å². The number of nitrogens with zero attached hydrogens (tertiary/aromatic N) is 3. The molecule has 4 heteroatoms. The van der Waals surface area contributed by atoms with Crippen LogP contribution in [0.2, 0.25) is 0 Å². The molecule has 0 amide bonds. The molecule has 2 aromatic heterocycles. The molecule has 0 atom stereocenters. The van der Waals surface area contributed by atoms with Gasteiger partial charge in [0.25, 0.3) is 0 Å². The summed E-state index contributed by atoms with van der Waals surface area (Å²) >= 11 is 0. The molecule has 0 aromatic carbocycles. The lowest BCUT2D eigenvalue weighted by atomic mass is 10.2. The molecule has 0 aliphatic carbocycles. The molecular weight excluding hydrogens is 212 g/mol. The summed E-state index contributed by atoms with van der Waals surface area (Å²) in [6.45, 7) is 3.78. The zero-order chi connectivity index (χ0) is 12.1. The minimum atomic E-state index is 0.821. The summed E-state index contributed by atoms with van der Waals surface area (Å²) < 4.78 is 1.83. The van der Waals surface area contributed by atoms with Crippen LogP contribution in [0.25, 0.3) is 0 Å². The van der Waals surface area contributed by atoms with Crippen molar-refractivity contribution in [1.82, 2.24) is 20.1 Å². The summed E-state index contributed by atoms with van der Waals surface area (Å²) in [6.07, 6.45) is 4.96. The molecule has 1 N–H and O–H groups in total. The van der Waals surface area contributed by atoms with E-state index in [1.54, 1.807) is 0 Å². The first-order valence-corrected chi connectivity index (χ1v) is 5.85. The average Bonchev–Trinajstić information content (AvgIpc) is 2.71. The Labute approximate surface area is 102 Å². The molecule has 0 spiro atoms. The summed E-state index contributed by atoms with van der Waals surface area (Å²) in [5.74, 6) is 0. The predicted molar refractivity (Wildman–Crippen MR) is 67.6 cm³/mol. The number of hydrogen-bond donors (Lipinski definition) is 1. The third kappa shape index (κ3) is 3.67. The summed E-state index contributed by atoms with van der Waals surface area (Å²) in [4.78, 5) is 4.44. The quantitative estimate of drug-likeness (QED) is 0.791. The zero-order valence-corrected chi connectivity index (χ0v) is 10.3. The van der Waals surface area contributed by atoms with Crippen LogP contribution in [0.4, 0.5) is 0 Å². The Hall–Kier alpha value is -1.68. The topological polar surface area (TPSA) is 42.7 Å². The van der Waals surface area contributed by atoms with Crippen molar-refractivity contribution in [3.05, 3.63) is 47.5 Å². The largest absolute Gasteiger partial charge is 0.311 e. The Bertz CT molecular complexity index is 476. The van der Waals surface area contributed by atoms with Crippen LogP contribution in [0, 0.1) is 6.92 Å². The van der Waals surface area contributed by atoms with E-state index in [0.29, 0.717) is 0 Å². The lowest BCUT2D eigenvalue weighted by Gasteiger charge is -2.03. The van der Waals surface area contributed by atoms with E-state index in [4.69, 9.17) is 0 Å². The number of hydrogen-bond acceptors (Lipinski definition) is 3. The highest BCUT2D eigenvalue weighted by molar-refractivity contribution is 5.09. The average molecular weight is 230 g/mol. The molecule has 0 aliphatic rings. The van der Waals surface area contributed by atoms with Crippen LogP contribution in [0.5, 0.6) is 0 Å². The molecule has 0 unspecified atom stereocenters. The summed E-state index contributed by atoms with van der Waals surface area (Å²) in [7, 11) is 1.94. The molecule has 2 rings (SSSR count). The molecule has 0 radical (unpaired) electrons. The Morgan fingerprint density at radius 1 is 1.35 bits per heavy atom. The van der Waals surface area contributed by atoms with Crippen LogP contribution in [0.3, 0.4) is 0 Å². The molecule has 0 saturated heterocycles. The number of rotatable bonds is 5. The maximum atomic E-state index is 4.44. The Kier molecular flexibility index (Phi) is 3.88. The Balaban J connectivity index is 1.73. The minimum absolute atomic E-state index is 0.821. The van der Waals surface area contributed by atoms with Crippen LogP contribution in [-0.4, -0.2) is 21.3 Å². The van der Waals surface area contributed by atoms with Gasteiger partial charge in [-0.25, -0.2) is 0 Å². The Morgan fingerprint density at radius 2 is 2.24 bits per heavy atom. The molecule has 90 valence electrons. The molecule has 0 aliphatic heterocycles. The van der Waals surface area contributed by atoms with E-state index in [-0.39, 0.29) is 0 Å². The van der Waals surface area contributed by atoms with Gasteiger partial charge in [0.15, 0.2) is 0 Å². The third-order valence-corrected chi connectivity index (χ3v) is 2.60. The lowest BCUT2D eigenvalue weighted by Crippen LogP contribution is -2.17. The van der Waals surface area contributed by atoms with E-state index < -0.39 is 0 Å². The van der Waals surface area contributed by atoms with E-state index in [9.17, 15) is 0 Å². The first-order valence-electron chi connectivity index (χ1n) is 5.85. The number of nitrogens with one attached hydrogen (secondary N) is 1. The highest BCUT2D eigenvalue weighted by atomic mass is 15.2. The second-order valence-electron chi connectivity index (χ2n) is 4.22. The van der Waals surface area contributed by atoms with Crippen LogP contribution in [-0.2, 0) is 20.0 Å². The van der Waals surface area contributed by atoms with Gasteiger partial charge < -0.3 is 5.32 Å². The molecule has 2 heterocycles. The lowest BCUT2D eigenvalue weighted by molar-refractivity contribution is 0.673. The van der Waals surface area contributed by atoms with Gasteiger partial charge in [-0.05, 0) is 37.6 Å². The fourth-order valence-corrected chi connectivity index (χ4v) is 1.75. The van der Waals surface area contributed by atoms with Gasteiger partial charge in [0.1, 0.15) is 0 Å². The van der Waals surface area contributed by atoms with Crippen LogP contribution >= 0.6 is 0 Å². The van der Waals surface area contributed by atoms with Gasteiger partial charge in [-0.3, -0.25) is 9.67 Å². The standard InChI is InChI=1S/C13H18N4/c1-11-4-3-5-13(16-11)9-14-7-6-12-8-15-17(2)10-12/h3-5,8,10,14H,6-7,9H2,1-2H3. The van der Waals surface area contributed by atoms with Gasteiger partial charge in [-0.15, -0.1) is 0 Å². The van der Waals surface area contributed by atoms with Gasteiger partial charge in [0.2, 0.25) is 0 Å². The molecule has 0 fully saturated rings. The monoisotopic (exact) mass is 230 g/mol. The van der Waals surface area contributed by atoms with Crippen molar-refractivity contribution >= 4 is 0 Å². The molecular formula is C13H18N4. The second-order valence-corrected chi connectivity index (χ2v) is 4.22. The normalized spacial score (nSPS) is 10.7. The van der Waals surface area contributed by atoms with Crippen LogP contribution in [0.15, 0.2) is 30.6 Å². The van der Waals surface area contributed by atoms with Crippen molar-refractivity contribution in [2.45, 2.75) is 19.9 Å². The van der Waals surface area contributed by atoms with E-state index >= 15 is 0 Å². The van der Waals surface area contributed by atoms with Gasteiger partial charge in [0, 0.05) is 25.5 Å².